The lowest BCUT2D eigenvalue weighted by Gasteiger charge is -1.97. The van der Waals surface area contributed by atoms with Crippen LogP contribution in [0.1, 0.15) is 64.5 Å². The Morgan fingerprint density at radius 2 is 1.46 bits per heavy atom. The SMILES string of the molecule is C1CCOC1.CC.CCCOC.CCO.Cc1ccc([N+](=O)[O-])cc1.Cc1ccccc1.O=C(O)NCCCNO. The number of rotatable bonds is 7. The van der Waals surface area contributed by atoms with Gasteiger partial charge in [0.05, 0.1) is 4.92 Å². The highest BCUT2D eigenvalue weighted by atomic mass is 16.6. The first-order valence-corrected chi connectivity index (χ1v) is 13.9. The summed E-state index contributed by atoms with van der Waals surface area (Å²) >= 11 is 0. The number of amides is 1. The summed E-state index contributed by atoms with van der Waals surface area (Å²) in [6, 6.07) is 16.7. The number of nitrogens with zero attached hydrogens (tertiary/aromatic N) is 1. The maximum atomic E-state index is 10.1. The van der Waals surface area contributed by atoms with Crippen LogP contribution in [0, 0.1) is 24.0 Å². The van der Waals surface area contributed by atoms with Crippen LogP contribution in [0.25, 0.3) is 0 Å². The molecule has 0 atom stereocenters. The van der Waals surface area contributed by atoms with Crippen molar-refractivity contribution in [2.75, 3.05) is 46.6 Å². The van der Waals surface area contributed by atoms with Gasteiger partial charge in [-0.3, -0.25) is 10.1 Å². The summed E-state index contributed by atoms with van der Waals surface area (Å²) in [6.45, 7) is 15.6. The summed E-state index contributed by atoms with van der Waals surface area (Å²) in [5, 5.41) is 35.9. The molecule has 1 aliphatic heterocycles. The normalized spacial score (nSPS) is 10.3. The Balaban J connectivity index is -0.000000205. The molecule has 3 rings (SSSR count). The maximum Gasteiger partial charge on any atom is 0.404 e. The number of nitro benzene ring substituents is 1. The van der Waals surface area contributed by atoms with Crippen LogP contribution in [0.2, 0.25) is 0 Å². The van der Waals surface area contributed by atoms with Gasteiger partial charge < -0.3 is 30.2 Å². The van der Waals surface area contributed by atoms with E-state index < -0.39 is 11.0 Å². The molecule has 2 aromatic rings. The Hall–Kier alpha value is -3.09. The van der Waals surface area contributed by atoms with Gasteiger partial charge in [-0.1, -0.05) is 74.4 Å². The summed E-state index contributed by atoms with van der Waals surface area (Å²) < 4.78 is 9.64. The largest absolute Gasteiger partial charge is 0.465 e. The molecule has 0 bridgehead atoms. The van der Waals surface area contributed by atoms with Gasteiger partial charge in [-0.15, -0.1) is 0 Å². The molecule has 11 heteroatoms. The van der Waals surface area contributed by atoms with Crippen molar-refractivity contribution in [3.63, 3.8) is 0 Å². The fourth-order valence-corrected chi connectivity index (χ4v) is 2.28. The van der Waals surface area contributed by atoms with Crippen molar-refractivity contribution in [3.8, 4) is 0 Å². The van der Waals surface area contributed by atoms with E-state index in [1.807, 2.05) is 44.5 Å². The second-order valence-electron chi connectivity index (χ2n) is 7.87. The number of hydrogen-bond acceptors (Lipinski definition) is 8. The Kier molecular flexibility index (Phi) is 42.8. The number of ether oxygens (including phenoxy) is 2. The fraction of sp³-hybridized carbons (Fsp3) is 0.567. The molecule has 0 aliphatic carbocycles. The number of nitrogens with one attached hydrogen (secondary N) is 2. The van der Waals surface area contributed by atoms with E-state index in [1.54, 1.807) is 26.2 Å². The minimum atomic E-state index is -1.03. The molecule has 0 aromatic heterocycles. The number of aryl methyl sites for hydroxylation is 2. The van der Waals surface area contributed by atoms with Crippen molar-refractivity contribution < 1.29 is 34.6 Å². The van der Waals surface area contributed by atoms with Crippen LogP contribution < -0.4 is 10.8 Å². The van der Waals surface area contributed by atoms with Crippen molar-refractivity contribution >= 4 is 11.8 Å². The number of aliphatic hydroxyl groups excluding tert-OH is 1. The molecule has 1 heterocycles. The van der Waals surface area contributed by atoms with Gasteiger partial charge in [-0.25, -0.2) is 10.3 Å². The van der Waals surface area contributed by atoms with Crippen LogP contribution in [-0.4, -0.2) is 73.1 Å². The van der Waals surface area contributed by atoms with Gasteiger partial charge in [0.25, 0.3) is 5.69 Å². The van der Waals surface area contributed by atoms with Crippen molar-refractivity contribution in [1.29, 1.82) is 0 Å². The molecule has 11 nitrogen and oxygen atoms in total. The average molecular weight is 586 g/mol. The standard InChI is InChI=1S/C7H7NO2.C7H8.C4H10N2O3.C4H8O.C4H10O.C2H6O.C2H6/c1-6-2-4-7(5-3-6)8(9)10;1-7-5-3-2-4-6-7;7-4(8)5-2-1-3-6-9;1-2-4-5-3-1;1-3-4-5-2;1-2-3;1-2/h2-5H,1H3;2-6H,1H3;5-6,9H,1-3H2,(H,7,8);1-4H2;3-4H2,1-2H3;3H,2H2,1H3;1-2H3. The monoisotopic (exact) mass is 585 g/mol. The Bertz CT molecular complexity index is 765. The van der Waals surface area contributed by atoms with Gasteiger partial charge in [0.15, 0.2) is 0 Å². The van der Waals surface area contributed by atoms with E-state index in [-0.39, 0.29) is 12.3 Å². The van der Waals surface area contributed by atoms with E-state index in [0.717, 1.165) is 31.8 Å². The summed E-state index contributed by atoms with van der Waals surface area (Å²) in [5.74, 6) is 0. The highest BCUT2D eigenvalue weighted by Crippen LogP contribution is 2.10. The molecule has 1 aliphatic rings. The zero-order valence-electron chi connectivity index (χ0n) is 26.1. The second kappa shape index (κ2) is 39.1. The number of methoxy groups -OCH3 is 1. The molecule has 2 aromatic carbocycles. The quantitative estimate of drug-likeness (QED) is 0.141. The molecule has 0 saturated carbocycles. The highest BCUT2D eigenvalue weighted by molar-refractivity contribution is 5.64. The molecular formula is C30H55N3O8. The molecule has 238 valence electrons. The number of aliphatic hydroxyl groups is 1. The third-order valence-corrected chi connectivity index (χ3v) is 4.16. The first kappa shape index (κ1) is 44.9. The Morgan fingerprint density at radius 3 is 1.73 bits per heavy atom. The zero-order valence-corrected chi connectivity index (χ0v) is 26.1. The minimum absolute atomic E-state index is 0.144. The highest BCUT2D eigenvalue weighted by Gasteiger charge is 2.00. The molecular weight excluding hydrogens is 530 g/mol. The molecule has 1 amide bonds. The number of hydrogen-bond donors (Lipinski definition) is 5. The first-order chi connectivity index (χ1) is 19.7. The smallest absolute Gasteiger partial charge is 0.404 e. The van der Waals surface area contributed by atoms with Gasteiger partial charge in [0.2, 0.25) is 0 Å². The van der Waals surface area contributed by atoms with Crippen LogP contribution in [0.4, 0.5) is 10.5 Å². The predicted molar refractivity (Wildman–Crippen MR) is 166 cm³/mol. The van der Waals surface area contributed by atoms with Crippen LogP contribution in [0.15, 0.2) is 54.6 Å². The zero-order chi connectivity index (χ0) is 32.2. The third kappa shape index (κ3) is 44.2. The Labute approximate surface area is 247 Å². The number of carbonyl (C=O) groups is 1. The number of hydroxylamine groups is 1. The molecule has 0 spiro atoms. The predicted octanol–water partition coefficient (Wildman–Crippen LogP) is 6.39. The van der Waals surface area contributed by atoms with Crippen LogP contribution in [0.5, 0.6) is 0 Å². The lowest BCUT2D eigenvalue weighted by molar-refractivity contribution is -0.384. The average Bonchev–Trinajstić information content (AvgIpc) is 3.56. The van der Waals surface area contributed by atoms with Crippen LogP contribution in [-0.2, 0) is 9.47 Å². The number of nitro groups is 1. The number of benzene rings is 2. The van der Waals surface area contributed by atoms with Crippen molar-refractivity contribution in [3.05, 3.63) is 75.8 Å². The van der Waals surface area contributed by atoms with Crippen molar-refractivity contribution in [1.82, 2.24) is 10.8 Å². The lowest BCUT2D eigenvalue weighted by atomic mass is 10.2. The summed E-state index contributed by atoms with van der Waals surface area (Å²) in [4.78, 5) is 19.5. The van der Waals surface area contributed by atoms with Gasteiger partial charge in [-0.05, 0) is 46.5 Å². The molecule has 1 fully saturated rings. The molecule has 0 radical (unpaired) electrons. The van der Waals surface area contributed by atoms with E-state index in [0.29, 0.717) is 19.5 Å². The lowest BCUT2D eigenvalue weighted by Crippen LogP contribution is -2.24. The first-order valence-electron chi connectivity index (χ1n) is 13.9. The Morgan fingerprint density at radius 1 is 0.976 bits per heavy atom. The van der Waals surface area contributed by atoms with E-state index in [4.69, 9.17) is 24.9 Å². The van der Waals surface area contributed by atoms with Gasteiger partial charge in [-0.2, -0.15) is 0 Å². The van der Waals surface area contributed by atoms with Gasteiger partial charge >= 0.3 is 6.09 Å². The van der Waals surface area contributed by atoms with E-state index in [1.165, 1.54) is 30.5 Å². The second-order valence-corrected chi connectivity index (χ2v) is 7.87. The molecule has 41 heavy (non-hydrogen) atoms. The topological polar surface area (TPSA) is 163 Å². The molecule has 1 saturated heterocycles. The van der Waals surface area contributed by atoms with E-state index in [2.05, 4.69) is 31.3 Å². The van der Waals surface area contributed by atoms with E-state index >= 15 is 0 Å². The summed E-state index contributed by atoms with van der Waals surface area (Å²) in [7, 11) is 1.71. The van der Waals surface area contributed by atoms with Crippen LogP contribution in [0.3, 0.4) is 0 Å². The molecule has 5 N–H and O–H groups in total. The molecule has 0 unspecified atom stereocenters. The summed E-state index contributed by atoms with van der Waals surface area (Å²) in [6.07, 6.45) is 3.23. The number of non-ortho nitro benzene ring substituents is 1. The van der Waals surface area contributed by atoms with E-state index in [9.17, 15) is 14.9 Å². The van der Waals surface area contributed by atoms with Gasteiger partial charge in [0, 0.05) is 58.8 Å². The fourth-order valence-electron chi connectivity index (χ4n) is 2.28. The minimum Gasteiger partial charge on any atom is -0.465 e. The summed E-state index contributed by atoms with van der Waals surface area (Å²) in [5.41, 5.74) is 4.41. The maximum absolute atomic E-state index is 10.1. The van der Waals surface area contributed by atoms with Gasteiger partial charge in [0.1, 0.15) is 0 Å². The van der Waals surface area contributed by atoms with Crippen molar-refractivity contribution in [2.24, 2.45) is 0 Å². The third-order valence-electron chi connectivity index (χ3n) is 4.16. The van der Waals surface area contributed by atoms with Crippen LogP contribution >= 0.6 is 0 Å². The van der Waals surface area contributed by atoms with Crippen molar-refractivity contribution in [2.45, 2.75) is 67.2 Å². The number of carboxylic acid groups (broad SMARTS) is 1.